The van der Waals surface area contributed by atoms with E-state index in [9.17, 15) is 0 Å². The number of benzene rings is 8. The van der Waals surface area contributed by atoms with E-state index in [1.165, 1.54) is 38.2 Å². The second-order valence-electron chi connectivity index (χ2n) is 12.4. The number of rotatable bonds is 4. The van der Waals surface area contributed by atoms with Gasteiger partial charge in [-0.25, -0.2) is 0 Å². The molecule has 0 aliphatic heterocycles. The van der Waals surface area contributed by atoms with Crippen molar-refractivity contribution in [2.75, 3.05) is 0 Å². The number of furan rings is 2. The van der Waals surface area contributed by atoms with Crippen molar-refractivity contribution in [2.45, 2.75) is 0 Å². The fraction of sp³-hybridized carbons (Fsp3) is 0. The molecule has 0 saturated carbocycles. The SMILES string of the molecule is c1ccc(-c2oc3ccc4c5cc(-c6c7ccccc7c(-c7ccccc7)c7ccccc67)ccc5oc4c3c2-c2ccccc2)cc1. The zero-order chi connectivity index (χ0) is 31.6. The van der Waals surface area contributed by atoms with Gasteiger partial charge in [0.2, 0.25) is 0 Å². The highest BCUT2D eigenvalue weighted by Crippen LogP contribution is 2.48. The topological polar surface area (TPSA) is 26.3 Å². The first kappa shape index (κ1) is 26.8. The molecular weight excluding hydrogens is 585 g/mol. The van der Waals surface area contributed by atoms with Crippen molar-refractivity contribution in [2.24, 2.45) is 0 Å². The van der Waals surface area contributed by atoms with Gasteiger partial charge in [-0.15, -0.1) is 0 Å². The summed E-state index contributed by atoms with van der Waals surface area (Å²) in [6.45, 7) is 0. The quantitative estimate of drug-likeness (QED) is 0.185. The Morgan fingerprint density at radius 1 is 0.292 bits per heavy atom. The molecule has 224 valence electrons. The van der Waals surface area contributed by atoms with Crippen molar-refractivity contribution in [1.82, 2.24) is 0 Å². The van der Waals surface area contributed by atoms with Crippen LogP contribution in [0, 0.1) is 0 Å². The fourth-order valence-electron chi connectivity index (χ4n) is 7.60. The van der Waals surface area contributed by atoms with E-state index in [1.807, 2.05) is 12.1 Å². The van der Waals surface area contributed by atoms with E-state index in [1.54, 1.807) is 0 Å². The summed E-state index contributed by atoms with van der Waals surface area (Å²) in [4.78, 5) is 0. The molecule has 0 fully saturated rings. The van der Waals surface area contributed by atoms with Crippen LogP contribution >= 0.6 is 0 Å². The van der Waals surface area contributed by atoms with Crippen LogP contribution in [0.25, 0.3) is 99.2 Å². The first-order valence-electron chi connectivity index (χ1n) is 16.4. The Morgan fingerprint density at radius 2 is 0.771 bits per heavy atom. The maximum Gasteiger partial charge on any atom is 0.147 e. The summed E-state index contributed by atoms with van der Waals surface area (Å²) in [5.41, 5.74) is 10.6. The first-order valence-corrected chi connectivity index (χ1v) is 16.4. The molecule has 2 heterocycles. The Bertz CT molecular complexity index is 2750. The summed E-state index contributed by atoms with van der Waals surface area (Å²) >= 11 is 0. The molecule has 0 unspecified atom stereocenters. The van der Waals surface area contributed by atoms with Crippen molar-refractivity contribution in [3.8, 4) is 44.7 Å². The van der Waals surface area contributed by atoms with Crippen LogP contribution in [0.2, 0.25) is 0 Å². The molecule has 2 aromatic heterocycles. The van der Waals surface area contributed by atoms with Gasteiger partial charge < -0.3 is 8.83 Å². The molecule has 0 bridgehead atoms. The molecular formula is C46H28O2. The lowest BCUT2D eigenvalue weighted by Gasteiger charge is -2.17. The van der Waals surface area contributed by atoms with Gasteiger partial charge in [-0.05, 0) is 73.6 Å². The predicted octanol–water partition coefficient (Wildman–Crippen LogP) is 13.3. The second kappa shape index (κ2) is 10.6. The van der Waals surface area contributed by atoms with Crippen molar-refractivity contribution in [3.05, 3.63) is 170 Å². The largest absolute Gasteiger partial charge is 0.455 e. The molecule has 2 nitrogen and oxygen atoms in total. The number of fused-ring (bicyclic) bond motifs is 7. The van der Waals surface area contributed by atoms with Gasteiger partial charge in [0.05, 0.1) is 5.39 Å². The average Bonchev–Trinajstić information content (AvgIpc) is 3.73. The van der Waals surface area contributed by atoms with E-state index in [4.69, 9.17) is 8.83 Å². The monoisotopic (exact) mass is 612 g/mol. The van der Waals surface area contributed by atoms with E-state index in [2.05, 4.69) is 158 Å². The van der Waals surface area contributed by atoms with Crippen LogP contribution in [0.3, 0.4) is 0 Å². The highest BCUT2D eigenvalue weighted by atomic mass is 16.3. The van der Waals surface area contributed by atoms with E-state index >= 15 is 0 Å². The zero-order valence-corrected chi connectivity index (χ0v) is 26.0. The molecule has 0 saturated heterocycles. The van der Waals surface area contributed by atoms with Gasteiger partial charge in [-0.3, -0.25) is 0 Å². The first-order chi connectivity index (χ1) is 23.8. The smallest absolute Gasteiger partial charge is 0.147 e. The van der Waals surface area contributed by atoms with Crippen molar-refractivity contribution < 1.29 is 8.83 Å². The molecule has 0 aliphatic carbocycles. The maximum atomic E-state index is 6.76. The van der Waals surface area contributed by atoms with E-state index in [-0.39, 0.29) is 0 Å². The van der Waals surface area contributed by atoms with Gasteiger partial charge in [0, 0.05) is 21.9 Å². The Labute approximate surface area is 277 Å². The molecule has 48 heavy (non-hydrogen) atoms. The van der Waals surface area contributed by atoms with Gasteiger partial charge in [0.25, 0.3) is 0 Å². The van der Waals surface area contributed by atoms with Crippen LogP contribution < -0.4 is 0 Å². The van der Waals surface area contributed by atoms with Crippen LogP contribution in [0.15, 0.2) is 179 Å². The molecule has 0 aliphatic rings. The number of hydrogen-bond acceptors (Lipinski definition) is 2. The van der Waals surface area contributed by atoms with Crippen LogP contribution in [0.1, 0.15) is 0 Å². The summed E-state index contributed by atoms with van der Waals surface area (Å²) in [5, 5.41) is 8.12. The predicted molar refractivity (Wildman–Crippen MR) is 200 cm³/mol. The minimum absolute atomic E-state index is 0.813. The highest BCUT2D eigenvalue weighted by molar-refractivity contribution is 6.23. The molecule has 0 N–H and O–H groups in total. The molecule has 0 radical (unpaired) electrons. The number of hydrogen-bond donors (Lipinski definition) is 0. The van der Waals surface area contributed by atoms with E-state index in [0.717, 1.165) is 60.9 Å². The van der Waals surface area contributed by atoms with Crippen molar-refractivity contribution in [1.29, 1.82) is 0 Å². The van der Waals surface area contributed by atoms with Crippen molar-refractivity contribution >= 4 is 54.5 Å². The van der Waals surface area contributed by atoms with E-state index in [0.29, 0.717) is 0 Å². The van der Waals surface area contributed by atoms with E-state index < -0.39 is 0 Å². The Balaban J connectivity index is 1.26. The van der Waals surface area contributed by atoms with Gasteiger partial charge >= 0.3 is 0 Å². The maximum absolute atomic E-state index is 6.76. The van der Waals surface area contributed by atoms with Crippen LogP contribution in [-0.4, -0.2) is 0 Å². The van der Waals surface area contributed by atoms with Crippen LogP contribution in [0.5, 0.6) is 0 Å². The summed E-state index contributed by atoms with van der Waals surface area (Å²) < 4.78 is 13.4. The lowest BCUT2D eigenvalue weighted by molar-refractivity contribution is 0.631. The Kier molecular flexibility index (Phi) is 5.91. The third-order valence-corrected chi connectivity index (χ3v) is 9.67. The lowest BCUT2D eigenvalue weighted by atomic mass is 9.86. The Hall–Kier alpha value is -6.38. The zero-order valence-electron chi connectivity index (χ0n) is 26.0. The standard InChI is InChI=1S/C46H28O2/c1-4-14-29(15-5-1)41-33-20-10-12-22-35(33)42(36-23-13-11-21-34(36)41)32-24-26-39-38(28-32)37-25-27-40-44(46(37)47-39)43(30-16-6-2-7-17-30)45(48-40)31-18-8-3-9-19-31/h1-28H. The molecule has 0 spiro atoms. The average molecular weight is 613 g/mol. The normalized spacial score (nSPS) is 11.8. The van der Waals surface area contributed by atoms with Gasteiger partial charge in [0.1, 0.15) is 22.5 Å². The van der Waals surface area contributed by atoms with Gasteiger partial charge in [-0.1, -0.05) is 146 Å². The summed E-state index contributed by atoms with van der Waals surface area (Å²) in [6, 6.07) is 60.1. The van der Waals surface area contributed by atoms with Crippen molar-refractivity contribution in [3.63, 3.8) is 0 Å². The summed E-state index contributed by atoms with van der Waals surface area (Å²) in [5.74, 6) is 0.849. The molecule has 8 aromatic carbocycles. The minimum atomic E-state index is 0.813. The highest BCUT2D eigenvalue weighted by Gasteiger charge is 2.23. The molecule has 0 atom stereocenters. The third kappa shape index (κ3) is 4.00. The van der Waals surface area contributed by atoms with Crippen LogP contribution in [-0.2, 0) is 0 Å². The van der Waals surface area contributed by atoms with Crippen LogP contribution in [0.4, 0.5) is 0 Å². The second-order valence-corrected chi connectivity index (χ2v) is 12.4. The molecule has 10 rings (SSSR count). The molecule has 10 aromatic rings. The van der Waals surface area contributed by atoms with Gasteiger partial charge in [0.15, 0.2) is 0 Å². The Morgan fingerprint density at radius 3 is 1.35 bits per heavy atom. The molecule has 0 amide bonds. The van der Waals surface area contributed by atoms with Gasteiger partial charge in [-0.2, -0.15) is 0 Å². The summed E-state index contributed by atoms with van der Waals surface area (Å²) in [6.07, 6.45) is 0. The lowest BCUT2D eigenvalue weighted by Crippen LogP contribution is -1.90. The third-order valence-electron chi connectivity index (χ3n) is 9.67. The minimum Gasteiger partial charge on any atom is -0.455 e. The molecule has 2 heteroatoms. The summed E-state index contributed by atoms with van der Waals surface area (Å²) in [7, 11) is 0. The fourth-order valence-corrected chi connectivity index (χ4v) is 7.60.